The summed E-state index contributed by atoms with van der Waals surface area (Å²) in [4.78, 5) is 40.9. The number of carbonyl (C=O) groups is 3. The summed E-state index contributed by atoms with van der Waals surface area (Å²) in [6.07, 6.45) is -7.43. The van der Waals surface area contributed by atoms with Crippen LogP contribution < -0.4 is 0 Å². The lowest BCUT2D eigenvalue weighted by molar-refractivity contribution is -0.193. The molecule has 210 valence electrons. The maximum absolute atomic E-state index is 12.7. The molecule has 0 unspecified atom stereocenters. The van der Waals surface area contributed by atoms with Crippen molar-refractivity contribution in [1.82, 2.24) is 14.8 Å². The number of fused-ring (bicyclic) bond motifs is 1. The Morgan fingerprint density at radius 2 is 1.53 bits per heavy atom. The molecule has 0 aromatic carbocycles. The number of rotatable bonds is 4. The standard InChI is InChI=1S/C19H23N3OS.2C2HF3O2/c1-14-4-2-5-15(20-14)13-21-9-7-18-17(21)8-10-22(18)19(23)12-16-6-3-11-24-16;2*3-2(4,5)1(6)7/h2-6,11,17-18H,7-10,12-13H2,1H3;2*(H,6,7)/t17-,18+;;/m0../s1. The van der Waals surface area contributed by atoms with E-state index in [4.69, 9.17) is 19.8 Å². The number of hydrogen-bond acceptors (Lipinski definition) is 6. The first-order valence-corrected chi connectivity index (χ1v) is 12.1. The molecule has 15 heteroatoms. The molecule has 1 amide bonds. The van der Waals surface area contributed by atoms with Crippen LogP contribution in [0.1, 0.15) is 29.1 Å². The average Bonchev–Trinajstić information content (AvgIpc) is 3.53. The minimum absolute atomic E-state index is 0.292. The van der Waals surface area contributed by atoms with Gasteiger partial charge in [-0.15, -0.1) is 11.3 Å². The third kappa shape index (κ3) is 9.28. The van der Waals surface area contributed by atoms with Gasteiger partial charge in [0.2, 0.25) is 5.91 Å². The van der Waals surface area contributed by atoms with Crippen LogP contribution in [0.5, 0.6) is 0 Å². The van der Waals surface area contributed by atoms with Crippen LogP contribution in [-0.4, -0.2) is 80.4 Å². The zero-order valence-corrected chi connectivity index (χ0v) is 20.8. The van der Waals surface area contributed by atoms with Gasteiger partial charge in [0.25, 0.3) is 0 Å². The lowest BCUT2D eigenvalue weighted by Gasteiger charge is -2.25. The molecule has 0 spiro atoms. The van der Waals surface area contributed by atoms with E-state index in [1.807, 2.05) is 24.4 Å². The highest BCUT2D eigenvalue weighted by molar-refractivity contribution is 7.10. The van der Waals surface area contributed by atoms with Crippen molar-refractivity contribution in [2.75, 3.05) is 13.1 Å². The van der Waals surface area contributed by atoms with Crippen LogP contribution in [0.3, 0.4) is 0 Å². The van der Waals surface area contributed by atoms with Gasteiger partial charge < -0.3 is 15.1 Å². The SMILES string of the molecule is Cc1cccc(CN2CC[C@@H]3[C@@H]2CCN3C(=O)Cc2cccs2)n1.O=C(O)C(F)(F)F.O=C(O)C(F)(F)F. The van der Waals surface area contributed by atoms with Crippen molar-refractivity contribution >= 4 is 29.2 Å². The van der Waals surface area contributed by atoms with E-state index in [0.29, 0.717) is 24.4 Å². The van der Waals surface area contributed by atoms with Gasteiger partial charge in [-0.1, -0.05) is 12.1 Å². The number of aliphatic carboxylic acids is 2. The molecule has 38 heavy (non-hydrogen) atoms. The summed E-state index contributed by atoms with van der Waals surface area (Å²) in [5.74, 6) is -5.22. The van der Waals surface area contributed by atoms with Crippen molar-refractivity contribution in [3.8, 4) is 0 Å². The molecule has 0 saturated carbocycles. The summed E-state index contributed by atoms with van der Waals surface area (Å²) in [5, 5.41) is 16.3. The summed E-state index contributed by atoms with van der Waals surface area (Å²) in [5.41, 5.74) is 2.21. The number of nitrogens with zero attached hydrogens (tertiary/aromatic N) is 3. The van der Waals surface area contributed by atoms with Gasteiger partial charge in [0, 0.05) is 42.3 Å². The van der Waals surface area contributed by atoms with Gasteiger partial charge in [0.15, 0.2) is 0 Å². The molecule has 0 aliphatic carbocycles. The molecule has 2 aliphatic rings. The van der Waals surface area contributed by atoms with E-state index in [1.54, 1.807) is 11.3 Å². The molecule has 8 nitrogen and oxygen atoms in total. The molecule has 2 atom stereocenters. The summed E-state index contributed by atoms with van der Waals surface area (Å²) in [7, 11) is 0. The number of halogens is 6. The number of carbonyl (C=O) groups excluding carboxylic acids is 1. The highest BCUT2D eigenvalue weighted by Crippen LogP contribution is 2.33. The van der Waals surface area contributed by atoms with E-state index in [9.17, 15) is 31.1 Å². The third-order valence-electron chi connectivity index (χ3n) is 5.71. The maximum atomic E-state index is 12.7. The molecule has 2 fully saturated rings. The van der Waals surface area contributed by atoms with Crippen molar-refractivity contribution in [1.29, 1.82) is 0 Å². The fraction of sp³-hybridized carbons (Fsp3) is 0.478. The summed E-state index contributed by atoms with van der Waals surface area (Å²) >= 11 is 1.67. The van der Waals surface area contributed by atoms with Gasteiger partial charge in [-0.25, -0.2) is 9.59 Å². The van der Waals surface area contributed by atoms with Crippen LogP contribution in [0.2, 0.25) is 0 Å². The van der Waals surface area contributed by atoms with Gasteiger partial charge in [0.1, 0.15) is 0 Å². The zero-order valence-electron chi connectivity index (χ0n) is 20.0. The van der Waals surface area contributed by atoms with Crippen LogP contribution in [0.4, 0.5) is 26.3 Å². The van der Waals surface area contributed by atoms with Crippen LogP contribution in [0.15, 0.2) is 35.7 Å². The molecule has 2 aromatic rings. The number of aromatic nitrogens is 1. The van der Waals surface area contributed by atoms with Gasteiger partial charge in [-0.05, 0) is 43.3 Å². The van der Waals surface area contributed by atoms with E-state index in [2.05, 4.69) is 33.0 Å². The molecule has 2 N–H and O–H groups in total. The Bertz CT molecular complexity index is 1070. The summed E-state index contributed by atoms with van der Waals surface area (Å²) in [6, 6.07) is 11.2. The molecule has 4 heterocycles. The number of alkyl halides is 6. The first kappa shape index (κ1) is 31.0. The van der Waals surface area contributed by atoms with Gasteiger partial charge in [-0.3, -0.25) is 14.7 Å². The minimum atomic E-state index is -5.08. The lowest BCUT2D eigenvalue weighted by atomic mass is 10.1. The molecule has 4 rings (SSSR count). The predicted molar refractivity (Wildman–Crippen MR) is 123 cm³/mol. The molecule has 0 bridgehead atoms. The Labute approximate surface area is 217 Å². The van der Waals surface area contributed by atoms with E-state index >= 15 is 0 Å². The lowest BCUT2D eigenvalue weighted by Crippen LogP contribution is -2.40. The van der Waals surface area contributed by atoms with Crippen LogP contribution in [-0.2, 0) is 27.3 Å². The second-order valence-corrected chi connectivity index (χ2v) is 9.43. The molecule has 2 saturated heterocycles. The van der Waals surface area contributed by atoms with Crippen molar-refractivity contribution in [3.63, 3.8) is 0 Å². The number of carboxylic acid groups (broad SMARTS) is 2. The number of aryl methyl sites for hydroxylation is 1. The largest absolute Gasteiger partial charge is 0.490 e. The monoisotopic (exact) mass is 569 g/mol. The predicted octanol–water partition coefficient (Wildman–Crippen LogP) is 4.14. The highest BCUT2D eigenvalue weighted by atomic mass is 32.1. The summed E-state index contributed by atoms with van der Waals surface area (Å²) in [6.45, 7) is 4.90. The molecule has 2 aliphatic heterocycles. The highest BCUT2D eigenvalue weighted by Gasteiger charge is 2.44. The maximum Gasteiger partial charge on any atom is 0.490 e. The zero-order chi connectivity index (χ0) is 28.7. The van der Waals surface area contributed by atoms with Crippen molar-refractivity contribution in [2.24, 2.45) is 0 Å². The first-order valence-electron chi connectivity index (χ1n) is 11.2. The topological polar surface area (TPSA) is 111 Å². The molecule has 2 aromatic heterocycles. The Balaban J connectivity index is 0.000000301. The number of likely N-dealkylation sites (tertiary alicyclic amines) is 2. The Morgan fingerprint density at radius 3 is 2.03 bits per heavy atom. The summed E-state index contributed by atoms with van der Waals surface area (Å²) < 4.78 is 63.5. The Morgan fingerprint density at radius 1 is 0.947 bits per heavy atom. The smallest absolute Gasteiger partial charge is 0.475 e. The van der Waals surface area contributed by atoms with Crippen molar-refractivity contribution < 1.29 is 50.9 Å². The number of carboxylic acids is 2. The van der Waals surface area contributed by atoms with Gasteiger partial charge in [0.05, 0.1) is 12.1 Å². The fourth-order valence-corrected chi connectivity index (χ4v) is 4.84. The fourth-order valence-electron chi connectivity index (χ4n) is 4.14. The molecule has 0 radical (unpaired) electrons. The average molecular weight is 570 g/mol. The number of hydrogen-bond donors (Lipinski definition) is 2. The third-order valence-corrected chi connectivity index (χ3v) is 6.59. The Hall–Kier alpha value is -3.20. The number of pyridine rings is 1. The quantitative estimate of drug-likeness (QED) is 0.533. The number of amides is 1. The van der Waals surface area contributed by atoms with Crippen molar-refractivity contribution in [3.05, 3.63) is 52.0 Å². The minimum Gasteiger partial charge on any atom is -0.475 e. The Kier molecular flexibility index (Phi) is 10.6. The van der Waals surface area contributed by atoms with E-state index in [0.717, 1.165) is 43.9 Å². The van der Waals surface area contributed by atoms with E-state index < -0.39 is 24.3 Å². The van der Waals surface area contributed by atoms with Gasteiger partial charge >= 0.3 is 24.3 Å². The normalized spacial score (nSPS) is 19.1. The second kappa shape index (κ2) is 13.0. The van der Waals surface area contributed by atoms with Crippen LogP contribution >= 0.6 is 11.3 Å². The number of thiophene rings is 1. The van der Waals surface area contributed by atoms with E-state index in [1.165, 1.54) is 4.88 Å². The van der Waals surface area contributed by atoms with Crippen LogP contribution in [0.25, 0.3) is 0 Å². The molecular formula is C23H25F6N3O5S. The van der Waals surface area contributed by atoms with Gasteiger partial charge in [-0.2, -0.15) is 26.3 Å². The van der Waals surface area contributed by atoms with E-state index in [-0.39, 0.29) is 0 Å². The second-order valence-electron chi connectivity index (χ2n) is 8.40. The van der Waals surface area contributed by atoms with Crippen molar-refractivity contribution in [2.45, 2.75) is 57.2 Å². The first-order chi connectivity index (χ1) is 17.6. The molecular weight excluding hydrogens is 544 g/mol. The van der Waals surface area contributed by atoms with Crippen LogP contribution in [0, 0.1) is 6.92 Å².